The van der Waals surface area contributed by atoms with Gasteiger partial charge in [-0.05, 0) is 73.8 Å². The molecule has 2 heterocycles. The van der Waals surface area contributed by atoms with Crippen molar-refractivity contribution in [2.24, 2.45) is 0 Å². The van der Waals surface area contributed by atoms with E-state index < -0.39 is 17.8 Å². The van der Waals surface area contributed by atoms with Gasteiger partial charge in [-0.3, -0.25) is 9.59 Å². The first kappa shape index (κ1) is 26.0. The molecule has 2 amide bonds. The maximum absolute atomic E-state index is 13.3. The van der Waals surface area contributed by atoms with Crippen LogP contribution in [0, 0.1) is 0 Å². The first-order valence-electron chi connectivity index (χ1n) is 12.9. The van der Waals surface area contributed by atoms with E-state index in [1.165, 1.54) is 18.2 Å². The Labute approximate surface area is 235 Å². The molecule has 0 saturated carbocycles. The molecule has 9 heteroatoms. The number of carboxylic acid groups (broad SMARTS) is 1. The van der Waals surface area contributed by atoms with Crippen molar-refractivity contribution in [2.45, 2.75) is 0 Å². The Morgan fingerprint density at radius 3 is 2.41 bits per heavy atom. The fourth-order valence-corrected chi connectivity index (χ4v) is 4.75. The molecule has 0 radical (unpaired) electrons. The molecule has 0 spiro atoms. The van der Waals surface area contributed by atoms with Crippen LogP contribution in [0.25, 0.3) is 33.7 Å². The molecule has 1 aliphatic heterocycles. The van der Waals surface area contributed by atoms with E-state index in [0.717, 1.165) is 16.0 Å². The number of carboxylic acids is 1. The molecule has 41 heavy (non-hydrogen) atoms. The number of rotatable bonds is 8. The minimum atomic E-state index is -1.18. The lowest BCUT2D eigenvalue weighted by atomic mass is 10.1. The molecular formula is C32H25N3O6. The quantitative estimate of drug-likeness (QED) is 0.250. The van der Waals surface area contributed by atoms with E-state index >= 15 is 0 Å². The second-order valence-corrected chi connectivity index (χ2v) is 9.91. The first-order chi connectivity index (χ1) is 19.8. The van der Waals surface area contributed by atoms with Crippen LogP contribution in [0.5, 0.6) is 5.75 Å². The summed E-state index contributed by atoms with van der Waals surface area (Å²) in [4.78, 5) is 45.8. The molecule has 0 atom stereocenters. The van der Waals surface area contributed by atoms with Gasteiger partial charge in [0.2, 0.25) is 5.89 Å². The number of benzene rings is 4. The minimum absolute atomic E-state index is 0.0399. The van der Waals surface area contributed by atoms with Crippen LogP contribution >= 0.6 is 0 Å². The van der Waals surface area contributed by atoms with Gasteiger partial charge in [0.05, 0.1) is 27.9 Å². The van der Waals surface area contributed by atoms with Gasteiger partial charge in [0.1, 0.15) is 17.9 Å². The van der Waals surface area contributed by atoms with Gasteiger partial charge in [-0.1, -0.05) is 36.4 Å². The number of amides is 2. The van der Waals surface area contributed by atoms with Gasteiger partial charge in [-0.15, -0.1) is 0 Å². The summed E-state index contributed by atoms with van der Waals surface area (Å²) in [5, 5.41) is 9.35. The summed E-state index contributed by atoms with van der Waals surface area (Å²) >= 11 is 0. The second-order valence-electron chi connectivity index (χ2n) is 9.91. The zero-order valence-corrected chi connectivity index (χ0v) is 22.3. The highest BCUT2D eigenvalue weighted by Gasteiger charge is 2.37. The largest absolute Gasteiger partial charge is 0.491 e. The summed E-state index contributed by atoms with van der Waals surface area (Å²) in [7, 11) is 3.88. The predicted molar refractivity (Wildman–Crippen MR) is 153 cm³/mol. The Balaban J connectivity index is 1.41. The molecule has 6 rings (SSSR count). The van der Waals surface area contributed by atoms with E-state index in [0.29, 0.717) is 35.6 Å². The maximum atomic E-state index is 13.3. The molecule has 1 aromatic heterocycles. The van der Waals surface area contributed by atoms with Crippen molar-refractivity contribution >= 4 is 34.6 Å². The summed E-state index contributed by atoms with van der Waals surface area (Å²) in [6.45, 7) is 1.06. The molecule has 204 valence electrons. The Kier molecular flexibility index (Phi) is 6.56. The zero-order valence-electron chi connectivity index (χ0n) is 22.3. The molecule has 9 nitrogen and oxygen atoms in total. The van der Waals surface area contributed by atoms with Gasteiger partial charge < -0.3 is 19.2 Å². The third kappa shape index (κ3) is 4.83. The van der Waals surface area contributed by atoms with Gasteiger partial charge >= 0.3 is 5.97 Å². The molecule has 5 aromatic rings. The number of nitrogens with zero attached hydrogens (tertiary/aromatic N) is 3. The van der Waals surface area contributed by atoms with Gasteiger partial charge in [0.15, 0.2) is 5.58 Å². The summed E-state index contributed by atoms with van der Waals surface area (Å²) < 4.78 is 12.2. The number of carbonyl (C=O) groups is 3. The third-order valence-corrected chi connectivity index (χ3v) is 6.88. The molecule has 0 bridgehead atoms. The number of hydrogen-bond donors (Lipinski definition) is 1. The highest BCUT2D eigenvalue weighted by molar-refractivity contribution is 6.34. The highest BCUT2D eigenvalue weighted by Crippen LogP contribution is 2.38. The highest BCUT2D eigenvalue weighted by atomic mass is 16.5. The average molecular weight is 548 g/mol. The summed E-state index contributed by atoms with van der Waals surface area (Å²) in [5.41, 5.74) is 4.13. The van der Waals surface area contributed by atoms with Crippen LogP contribution in [0.15, 0.2) is 89.3 Å². The topological polar surface area (TPSA) is 113 Å². The second kappa shape index (κ2) is 10.4. The number of anilines is 1. The maximum Gasteiger partial charge on any atom is 0.335 e. The van der Waals surface area contributed by atoms with Crippen LogP contribution in [0.1, 0.15) is 31.1 Å². The molecule has 1 aliphatic rings. The van der Waals surface area contributed by atoms with Gasteiger partial charge in [0, 0.05) is 6.54 Å². The van der Waals surface area contributed by atoms with Crippen LogP contribution < -0.4 is 9.64 Å². The summed E-state index contributed by atoms with van der Waals surface area (Å²) in [6, 6.07) is 24.5. The van der Waals surface area contributed by atoms with Crippen LogP contribution in [-0.2, 0) is 0 Å². The lowest BCUT2D eigenvalue weighted by Crippen LogP contribution is -2.29. The molecule has 4 aromatic carbocycles. The van der Waals surface area contributed by atoms with Crippen LogP contribution in [0.3, 0.4) is 0 Å². The van der Waals surface area contributed by atoms with Crippen molar-refractivity contribution in [3.8, 4) is 28.3 Å². The Hall–Kier alpha value is -5.28. The normalized spacial score (nSPS) is 12.8. The van der Waals surface area contributed by atoms with E-state index in [1.807, 2.05) is 67.5 Å². The predicted octanol–water partition coefficient (Wildman–Crippen LogP) is 5.60. The van der Waals surface area contributed by atoms with Crippen LogP contribution in [-0.4, -0.2) is 60.0 Å². The van der Waals surface area contributed by atoms with E-state index in [2.05, 4.69) is 0 Å². The fraction of sp³-hybridized carbons (Fsp3) is 0.125. The van der Waals surface area contributed by atoms with E-state index in [1.54, 1.807) is 18.2 Å². The van der Waals surface area contributed by atoms with Crippen molar-refractivity contribution in [1.82, 2.24) is 9.88 Å². The van der Waals surface area contributed by atoms with E-state index in [4.69, 9.17) is 14.1 Å². The number of ether oxygens (including phenoxy) is 1. The number of likely N-dealkylation sites (N-methyl/N-ethyl adjacent to an activating group) is 1. The first-order valence-corrected chi connectivity index (χ1v) is 12.9. The lowest BCUT2D eigenvalue weighted by Gasteiger charge is -2.17. The summed E-state index contributed by atoms with van der Waals surface area (Å²) in [6.07, 6.45) is 0. The Bertz CT molecular complexity index is 1830. The number of fused-ring (bicyclic) bond motifs is 2. The SMILES string of the molecule is CN(C)CCOc1ccc(N2C(=O)c3ccc(C(=O)O)cc3C2=O)cc1-c1nc2cc(-c3ccccc3)ccc2o1. The number of oxazole rings is 1. The number of imide groups is 1. The number of aromatic carboxylic acids is 1. The van der Waals surface area contributed by atoms with Crippen molar-refractivity contribution in [3.63, 3.8) is 0 Å². The molecular weight excluding hydrogens is 522 g/mol. The number of hydrogen-bond acceptors (Lipinski definition) is 7. The molecule has 1 N–H and O–H groups in total. The number of carbonyl (C=O) groups excluding carboxylic acids is 2. The molecule has 0 fully saturated rings. The van der Waals surface area contributed by atoms with Gasteiger partial charge in [0.25, 0.3) is 11.8 Å². The zero-order chi connectivity index (χ0) is 28.7. The monoisotopic (exact) mass is 547 g/mol. The lowest BCUT2D eigenvalue weighted by molar-refractivity contribution is 0.0696. The Morgan fingerprint density at radius 2 is 1.66 bits per heavy atom. The molecule has 0 aliphatic carbocycles. The van der Waals surface area contributed by atoms with E-state index in [-0.39, 0.29) is 28.3 Å². The molecule has 0 saturated heterocycles. The fourth-order valence-electron chi connectivity index (χ4n) is 4.75. The molecule has 0 unspecified atom stereocenters. The Morgan fingerprint density at radius 1 is 0.878 bits per heavy atom. The van der Waals surface area contributed by atoms with Crippen LogP contribution in [0.4, 0.5) is 5.69 Å². The van der Waals surface area contributed by atoms with Crippen molar-refractivity contribution in [2.75, 3.05) is 32.1 Å². The standard InChI is InChI=1S/C32H25N3O6/c1-34(2)14-15-40-27-13-10-22(35-30(36)23-11-8-21(32(38)39)16-24(23)31(35)37)18-25(27)29-33-26-17-20(9-12-28(26)41-29)19-6-4-3-5-7-19/h3-13,16-18H,14-15H2,1-2H3,(H,38,39). The average Bonchev–Trinajstić information content (AvgIpc) is 3.51. The van der Waals surface area contributed by atoms with Gasteiger partial charge in [-0.2, -0.15) is 0 Å². The van der Waals surface area contributed by atoms with Gasteiger partial charge in [-0.25, -0.2) is 14.7 Å². The third-order valence-electron chi connectivity index (χ3n) is 6.88. The van der Waals surface area contributed by atoms with E-state index in [9.17, 15) is 19.5 Å². The van der Waals surface area contributed by atoms with Crippen molar-refractivity contribution in [3.05, 3.63) is 102 Å². The van der Waals surface area contributed by atoms with Crippen molar-refractivity contribution in [1.29, 1.82) is 0 Å². The summed E-state index contributed by atoms with van der Waals surface area (Å²) in [5.74, 6) is -1.57. The minimum Gasteiger partial charge on any atom is -0.491 e. The van der Waals surface area contributed by atoms with Crippen molar-refractivity contribution < 1.29 is 28.6 Å². The number of aromatic nitrogens is 1. The smallest absolute Gasteiger partial charge is 0.335 e. The van der Waals surface area contributed by atoms with Crippen LogP contribution in [0.2, 0.25) is 0 Å².